The fraction of sp³-hybridized carbons (Fsp3) is 1.00. The third-order valence-corrected chi connectivity index (χ3v) is 10.5. The van der Waals surface area contributed by atoms with Gasteiger partial charge in [0.1, 0.15) is 0 Å². The van der Waals surface area contributed by atoms with E-state index in [0.29, 0.717) is 13.3 Å². The fourth-order valence-electron chi connectivity index (χ4n) is 5.13. The Morgan fingerprint density at radius 3 is 1.08 bits per heavy atom. The summed E-state index contributed by atoms with van der Waals surface area (Å²) in [5, 5.41) is 0. The summed E-state index contributed by atoms with van der Waals surface area (Å²) >= 11 is 5.30. The second-order valence-corrected chi connectivity index (χ2v) is 32.5. The molecule has 0 bridgehead atoms. The molecule has 0 aromatic heterocycles. The van der Waals surface area contributed by atoms with Crippen molar-refractivity contribution in [2.24, 2.45) is 0 Å². The van der Waals surface area contributed by atoms with Crippen LogP contribution >= 0.6 is 37.2 Å². The van der Waals surface area contributed by atoms with Crippen molar-refractivity contribution < 1.29 is 22.6 Å². The molecule has 0 rings (SSSR count). The number of hydrogen-bond acceptors (Lipinski definition) is 1. The number of hydrogen-bond donors (Lipinski definition) is 1. The number of nitrogens with one attached hydrogen (secondary N) is 1. The molecule has 0 saturated carbocycles. The van der Waals surface area contributed by atoms with Crippen LogP contribution in [0.5, 0.6) is 0 Å². The number of unbranched alkanes of at least 4 members (excludes halogenated alkanes) is 19. The van der Waals surface area contributed by atoms with E-state index in [0.717, 1.165) is 0 Å². The SMILES string of the molecule is CCCCCCCCCCCC[NH+](CCCCCCCCCCCC)CCCC[Si](C)(C)OC.I[I-]I. The molecule has 0 spiro atoms. The van der Waals surface area contributed by atoms with Crippen LogP contribution < -0.4 is 18.2 Å². The van der Waals surface area contributed by atoms with Crippen molar-refractivity contribution in [2.75, 3.05) is 26.7 Å². The normalized spacial score (nSPS) is 11.8. The summed E-state index contributed by atoms with van der Waals surface area (Å²) in [4.78, 5) is 1.90. The molecule has 0 heterocycles. The minimum atomic E-state index is -1.37. The van der Waals surface area contributed by atoms with E-state index in [1.54, 1.807) is 0 Å². The Hall–Kier alpha value is 2.33. The first kappa shape index (κ1) is 41.5. The Balaban J connectivity index is 0. The monoisotopic (exact) mass is 879 g/mol. The molecule has 0 aliphatic heterocycles. The van der Waals surface area contributed by atoms with Crippen molar-refractivity contribution in [3.63, 3.8) is 0 Å². The molecule has 1 N–H and O–H groups in total. The summed E-state index contributed by atoms with van der Waals surface area (Å²) < 4.78 is 5.75. The molecule has 0 saturated heterocycles. The van der Waals surface area contributed by atoms with E-state index in [-0.39, 0.29) is 0 Å². The van der Waals surface area contributed by atoms with Crippen LogP contribution in [0.1, 0.15) is 155 Å². The zero-order chi connectivity index (χ0) is 27.9. The molecule has 0 aromatic rings. The third-order valence-electron chi connectivity index (χ3n) is 7.88. The fourth-order valence-corrected chi connectivity index (χ4v) is 6.43. The summed E-state index contributed by atoms with van der Waals surface area (Å²) in [6.07, 6.45) is 31.8. The predicted octanol–water partition coefficient (Wildman–Crippen LogP) is 8.12. The van der Waals surface area contributed by atoms with Gasteiger partial charge in [-0.3, -0.25) is 0 Å². The van der Waals surface area contributed by atoms with Gasteiger partial charge in [0.2, 0.25) is 0 Å². The summed E-state index contributed by atoms with van der Waals surface area (Å²) in [5.41, 5.74) is 0. The summed E-state index contributed by atoms with van der Waals surface area (Å²) in [5.74, 6) is 0. The first-order valence-corrected chi connectivity index (χ1v) is 31.9. The molecule has 0 amide bonds. The second kappa shape index (κ2) is 34.5. The maximum absolute atomic E-state index is 5.75. The molecule has 2 nitrogen and oxygen atoms in total. The molecule has 37 heavy (non-hydrogen) atoms. The van der Waals surface area contributed by atoms with Gasteiger partial charge in [-0.25, -0.2) is 0 Å². The molecule has 228 valence electrons. The van der Waals surface area contributed by atoms with Gasteiger partial charge in [0, 0.05) is 7.11 Å². The van der Waals surface area contributed by atoms with Crippen LogP contribution in [-0.2, 0) is 4.43 Å². The van der Waals surface area contributed by atoms with Gasteiger partial charge in [-0.2, -0.15) is 0 Å². The van der Waals surface area contributed by atoms with Crippen molar-refractivity contribution in [2.45, 2.75) is 174 Å². The second-order valence-electron chi connectivity index (χ2n) is 11.8. The molecule has 6 heteroatoms. The van der Waals surface area contributed by atoms with Crippen molar-refractivity contribution in [3.05, 3.63) is 0 Å². The van der Waals surface area contributed by atoms with E-state index in [2.05, 4.69) is 64.2 Å². The Labute approximate surface area is 266 Å². The van der Waals surface area contributed by atoms with E-state index < -0.39 is 8.32 Å². The first-order chi connectivity index (χ1) is 18.0. The Morgan fingerprint density at radius 1 is 0.514 bits per heavy atom. The van der Waals surface area contributed by atoms with Gasteiger partial charge in [-0.05, 0) is 57.7 Å². The van der Waals surface area contributed by atoms with Gasteiger partial charge in [0.15, 0.2) is 8.32 Å². The van der Waals surface area contributed by atoms with Crippen molar-refractivity contribution in [1.29, 1.82) is 0 Å². The zero-order valence-corrected chi connectivity index (χ0v) is 33.4. The van der Waals surface area contributed by atoms with Gasteiger partial charge >= 0.3 is 50.5 Å². The van der Waals surface area contributed by atoms with Gasteiger partial charge in [-0.15, -0.1) is 0 Å². The topological polar surface area (TPSA) is 13.7 Å². The van der Waals surface area contributed by atoms with Crippen LogP contribution in [0, 0.1) is 0 Å². The summed E-state index contributed by atoms with van der Waals surface area (Å²) in [6, 6.07) is 1.33. The van der Waals surface area contributed by atoms with Crippen LogP contribution in [0.3, 0.4) is 0 Å². The molecule has 0 aliphatic rings. The van der Waals surface area contributed by atoms with Gasteiger partial charge in [0.25, 0.3) is 0 Å². The van der Waals surface area contributed by atoms with E-state index >= 15 is 0 Å². The Bertz CT molecular complexity index is 392. The minimum absolute atomic E-state index is 0.530. The van der Waals surface area contributed by atoms with Crippen LogP contribution in [-0.4, -0.2) is 35.1 Å². The van der Waals surface area contributed by atoms with E-state index in [1.165, 1.54) is 167 Å². The average Bonchev–Trinajstić information content (AvgIpc) is 2.88. The molecule has 0 unspecified atom stereocenters. The standard InChI is InChI=1S/C31H67NOSi.I3/c1-6-8-10-12-14-16-18-20-22-24-28-32(30-26-27-31-34(4,5)33-3)29-25-23-21-19-17-15-13-11-9-7-2;1-3-2/h6-31H2,1-5H3;/q;-1/p+1. The van der Waals surface area contributed by atoms with Gasteiger partial charge in [0.05, 0.1) is 19.6 Å². The Morgan fingerprint density at radius 2 is 0.784 bits per heavy atom. The first-order valence-electron chi connectivity index (χ1n) is 16.2. The van der Waals surface area contributed by atoms with Gasteiger partial charge in [-0.1, -0.05) is 117 Å². The van der Waals surface area contributed by atoms with Crippen LogP contribution in [0.25, 0.3) is 0 Å². The summed E-state index contributed by atoms with van der Waals surface area (Å²) in [6.45, 7) is 13.6. The molecule has 0 radical (unpaired) electrons. The predicted molar refractivity (Wildman–Crippen MR) is 186 cm³/mol. The van der Waals surface area contributed by atoms with Crippen molar-refractivity contribution >= 4 is 45.5 Å². The Kier molecular flexibility index (Phi) is 38.7. The van der Waals surface area contributed by atoms with E-state index in [9.17, 15) is 0 Å². The van der Waals surface area contributed by atoms with E-state index in [1.807, 2.05) is 12.0 Å². The third kappa shape index (κ3) is 36.3. The molecular formula is C31H68I3NOSi. The van der Waals surface area contributed by atoms with Crippen LogP contribution in [0.2, 0.25) is 19.1 Å². The zero-order valence-electron chi connectivity index (χ0n) is 25.9. The van der Waals surface area contributed by atoms with Crippen LogP contribution in [0.15, 0.2) is 0 Å². The van der Waals surface area contributed by atoms with Gasteiger partial charge < -0.3 is 9.33 Å². The number of rotatable bonds is 28. The molecule has 0 atom stereocenters. The van der Waals surface area contributed by atoms with Crippen molar-refractivity contribution in [3.8, 4) is 0 Å². The molecule has 0 aliphatic carbocycles. The molecular weight excluding hydrogens is 811 g/mol. The van der Waals surface area contributed by atoms with Crippen molar-refractivity contribution in [1.82, 2.24) is 0 Å². The van der Waals surface area contributed by atoms with Crippen LogP contribution in [0.4, 0.5) is 0 Å². The summed E-state index contributed by atoms with van der Waals surface area (Å²) in [7, 11) is 0.548. The average molecular weight is 880 g/mol. The number of halogens is 3. The quantitative estimate of drug-likeness (QED) is 0.0477. The molecule has 0 aromatic carbocycles. The van der Waals surface area contributed by atoms with E-state index in [4.69, 9.17) is 4.43 Å². The maximum atomic E-state index is 5.75. The molecule has 0 fully saturated rings. The number of quaternary nitrogens is 1.